The van der Waals surface area contributed by atoms with Crippen LogP contribution in [0.2, 0.25) is 0 Å². The molecule has 0 bridgehead atoms. The molecule has 3 aromatic carbocycles. The molecule has 6 nitrogen and oxygen atoms in total. The molecule has 2 aliphatic heterocycles. The van der Waals surface area contributed by atoms with Crippen LogP contribution in [0.15, 0.2) is 92.2 Å². The van der Waals surface area contributed by atoms with Gasteiger partial charge in [0.05, 0.1) is 0 Å². The van der Waals surface area contributed by atoms with Gasteiger partial charge in [-0.3, -0.25) is 4.52 Å². The number of thioether (sulfide) groups is 1. The van der Waals surface area contributed by atoms with Gasteiger partial charge < -0.3 is 22.6 Å². The van der Waals surface area contributed by atoms with Gasteiger partial charge in [0.25, 0.3) is 0 Å². The van der Waals surface area contributed by atoms with Crippen molar-refractivity contribution < 1.29 is 27.1 Å². The zero-order valence-corrected chi connectivity index (χ0v) is 20.5. The quantitative estimate of drug-likeness (QED) is 0.283. The minimum absolute atomic E-state index is 0.250. The molecule has 2 fully saturated rings. The Morgan fingerprint density at radius 1 is 0.824 bits per heavy atom. The number of hydrogen-bond acceptors (Lipinski definition) is 7. The largest absolute Gasteiger partial charge is 0.399 e. The van der Waals surface area contributed by atoms with E-state index in [2.05, 4.69) is 12.1 Å². The van der Waals surface area contributed by atoms with E-state index in [4.69, 9.17) is 27.1 Å². The summed E-state index contributed by atoms with van der Waals surface area (Å²) >= 11 is 1.71. The van der Waals surface area contributed by atoms with Crippen LogP contribution in [0, 0.1) is 0 Å². The summed E-state index contributed by atoms with van der Waals surface area (Å²) in [5, 5.41) is 1.95. The van der Waals surface area contributed by atoms with E-state index in [9.17, 15) is 0 Å². The maximum Gasteiger partial charge on any atom is 0.387 e. The first-order chi connectivity index (χ1) is 16.6. The third kappa shape index (κ3) is 4.40. The molecule has 0 saturated carbocycles. The second-order valence-corrected chi connectivity index (χ2v) is 10.9. The van der Waals surface area contributed by atoms with Crippen LogP contribution >= 0.6 is 20.0 Å². The summed E-state index contributed by atoms with van der Waals surface area (Å²) in [5.41, 5.74) is 1.46. The van der Waals surface area contributed by atoms with Crippen LogP contribution in [0.5, 0.6) is 0 Å². The summed E-state index contributed by atoms with van der Waals surface area (Å²) in [6.07, 6.45) is -1.53. The highest BCUT2D eigenvalue weighted by molar-refractivity contribution is 7.99. The Bertz CT molecular complexity index is 1280. The summed E-state index contributed by atoms with van der Waals surface area (Å²) in [6.45, 7) is 3.77. The van der Waals surface area contributed by atoms with E-state index in [0.717, 1.165) is 21.9 Å². The summed E-state index contributed by atoms with van der Waals surface area (Å²) in [5.74, 6) is -0.0582. The van der Waals surface area contributed by atoms with Crippen LogP contribution < -0.4 is 4.52 Å². The predicted molar refractivity (Wildman–Crippen MR) is 133 cm³/mol. The lowest BCUT2D eigenvalue weighted by Gasteiger charge is -2.24. The zero-order chi connectivity index (χ0) is 23.1. The maximum absolute atomic E-state index is 6.53. The van der Waals surface area contributed by atoms with Crippen LogP contribution in [-0.2, 0) is 14.2 Å². The van der Waals surface area contributed by atoms with E-state index in [1.165, 1.54) is 4.90 Å². The van der Waals surface area contributed by atoms with Crippen molar-refractivity contribution in [2.45, 2.75) is 49.1 Å². The fraction of sp³-hybridized carbons (Fsp3) is 0.308. The molecule has 176 valence electrons. The standard InChI is InChI=1S/C26H25O6PS/c1-26(2)28-24-23(22(27-25(24)29-26)16-34-17-10-4-3-5-11-17)32-33-30-20-14-8-6-12-18(20)19-13-7-9-15-21(19)31-33/h3-15,22-25H,16H2,1-2H3/t22-,23+,24-,25-/m1/s1. The van der Waals surface area contributed by atoms with E-state index >= 15 is 0 Å². The van der Waals surface area contributed by atoms with Gasteiger partial charge in [-0.25, -0.2) is 0 Å². The molecule has 6 rings (SSSR count). The first-order valence-electron chi connectivity index (χ1n) is 11.3. The number of para-hydroxylation sites is 2. The molecule has 4 atom stereocenters. The molecule has 3 heterocycles. The predicted octanol–water partition coefficient (Wildman–Crippen LogP) is 6.76. The highest BCUT2D eigenvalue weighted by Gasteiger charge is 2.56. The molecule has 0 aliphatic carbocycles. The highest BCUT2D eigenvalue weighted by atomic mass is 32.2. The number of rotatable bonds is 5. The van der Waals surface area contributed by atoms with Crippen LogP contribution in [0.25, 0.3) is 21.9 Å². The van der Waals surface area contributed by atoms with Crippen molar-refractivity contribution in [3.8, 4) is 0 Å². The van der Waals surface area contributed by atoms with Crippen molar-refractivity contribution in [2.24, 2.45) is 0 Å². The smallest absolute Gasteiger partial charge is 0.387 e. The number of fused-ring (bicyclic) bond motifs is 4. The monoisotopic (exact) mass is 496 g/mol. The Labute approximate surface area is 202 Å². The van der Waals surface area contributed by atoms with Crippen molar-refractivity contribution in [2.75, 3.05) is 5.75 Å². The Morgan fingerprint density at radius 2 is 1.44 bits per heavy atom. The Morgan fingerprint density at radius 3 is 2.12 bits per heavy atom. The topological polar surface area (TPSA) is 63.2 Å². The van der Waals surface area contributed by atoms with Crippen molar-refractivity contribution in [1.29, 1.82) is 0 Å². The average Bonchev–Trinajstić information content (AvgIpc) is 3.23. The Balaban J connectivity index is 1.36. The fourth-order valence-corrected chi connectivity index (χ4v) is 6.55. The molecule has 2 aliphatic rings. The third-order valence-corrected chi connectivity index (χ3v) is 8.07. The van der Waals surface area contributed by atoms with Crippen LogP contribution in [0.4, 0.5) is 0 Å². The molecule has 2 saturated heterocycles. The van der Waals surface area contributed by atoms with Gasteiger partial charge in [0.1, 0.15) is 29.5 Å². The molecular formula is C26H25O6PS. The molecule has 0 amide bonds. The van der Waals surface area contributed by atoms with Gasteiger partial charge in [0.15, 0.2) is 12.1 Å². The molecule has 0 radical (unpaired) electrons. The molecule has 0 N–H and O–H groups in total. The molecule has 0 spiro atoms. The number of hydrogen-bond donors (Lipinski definition) is 0. The van der Waals surface area contributed by atoms with E-state index in [1.54, 1.807) is 11.8 Å². The van der Waals surface area contributed by atoms with Crippen molar-refractivity contribution in [1.82, 2.24) is 0 Å². The van der Waals surface area contributed by atoms with Crippen molar-refractivity contribution >= 4 is 41.9 Å². The SMILES string of the molecule is CC1(C)O[C@H]2O[C@H](CSc3ccccc3)[C@H](Op3oc4ccccc4c4ccccc4o3)[C@H]2O1. The summed E-state index contributed by atoms with van der Waals surface area (Å²) in [6, 6.07) is 26.1. The molecular weight excluding hydrogens is 471 g/mol. The highest BCUT2D eigenvalue weighted by Crippen LogP contribution is 2.43. The minimum Gasteiger partial charge on any atom is -0.399 e. The molecule has 1 aromatic heterocycles. The number of benzene rings is 3. The van der Waals surface area contributed by atoms with Crippen LogP contribution in [-0.4, -0.2) is 36.1 Å². The first kappa shape index (κ1) is 22.2. The molecule has 34 heavy (non-hydrogen) atoms. The molecule has 4 aromatic rings. The van der Waals surface area contributed by atoms with Gasteiger partial charge >= 0.3 is 8.24 Å². The van der Waals surface area contributed by atoms with Gasteiger partial charge in [-0.05, 0) is 38.1 Å². The second kappa shape index (κ2) is 9.08. The third-order valence-electron chi connectivity index (χ3n) is 5.86. The summed E-state index contributed by atoms with van der Waals surface area (Å²) in [7, 11) is -1.75. The lowest BCUT2D eigenvalue weighted by atomic mass is 10.1. The van der Waals surface area contributed by atoms with Crippen molar-refractivity contribution in [3.63, 3.8) is 0 Å². The van der Waals surface area contributed by atoms with E-state index in [1.807, 2.05) is 80.6 Å². The first-order valence-corrected chi connectivity index (χ1v) is 13.3. The average molecular weight is 497 g/mol. The van der Waals surface area contributed by atoms with Crippen LogP contribution in [0.3, 0.4) is 0 Å². The van der Waals surface area contributed by atoms with E-state index in [0.29, 0.717) is 5.75 Å². The number of ether oxygens (including phenoxy) is 3. The van der Waals surface area contributed by atoms with Gasteiger partial charge in [-0.1, -0.05) is 54.6 Å². The lowest BCUT2D eigenvalue weighted by Crippen LogP contribution is -2.39. The van der Waals surface area contributed by atoms with E-state index < -0.39 is 26.4 Å². The zero-order valence-electron chi connectivity index (χ0n) is 18.8. The maximum atomic E-state index is 6.53. The molecule has 8 heteroatoms. The van der Waals surface area contributed by atoms with Gasteiger partial charge in [0, 0.05) is 21.4 Å². The fourth-order valence-electron chi connectivity index (χ4n) is 4.36. The lowest BCUT2D eigenvalue weighted by molar-refractivity contribution is -0.209. The van der Waals surface area contributed by atoms with Gasteiger partial charge in [-0.15, -0.1) is 11.8 Å². The second-order valence-electron chi connectivity index (χ2n) is 8.74. The Kier molecular flexibility index (Phi) is 5.94. The molecule has 0 unspecified atom stereocenters. The minimum atomic E-state index is -1.75. The van der Waals surface area contributed by atoms with E-state index in [-0.39, 0.29) is 12.2 Å². The van der Waals surface area contributed by atoms with Gasteiger partial charge in [0.2, 0.25) is 0 Å². The van der Waals surface area contributed by atoms with Gasteiger partial charge in [-0.2, -0.15) is 0 Å². The van der Waals surface area contributed by atoms with Crippen molar-refractivity contribution in [3.05, 3.63) is 78.9 Å². The summed E-state index contributed by atoms with van der Waals surface area (Å²) < 4.78 is 37.6. The normalized spacial score (nSPS) is 25.6. The van der Waals surface area contributed by atoms with Crippen LogP contribution in [0.1, 0.15) is 13.8 Å². The Hall–Kier alpha value is -2.25. The summed E-state index contributed by atoms with van der Waals surface area (Å²) in [4.78, 5) is 1.17.